The molecule has 150 valence electrons. The summed E-state index contributed by atoms with van der Waals surface area (Å²) < 4.78 is 1.75. The molecule has 3 rings (SSSR count). The molecule has 0 unspecified atom stereocenters. The number of hydrogen-bond donors (Lipinski definition) is 2. The lowest BCUT2D eigenvalue weighted by atomic mass is 10.0. The standard InChI is InChI=1S/C23H26N4O2/c1-16-9-10-19(17(2)15-16)11-13-24-22(28)23(29)25-21-12-14-27(26-21)18(3)20-7-5-4-6-8-20/h4-10,12,14-15,18H,11,13H2,1-3H3,(H,24,28)(H,25,26,29)/t18-/m1/s1. The Morgan fingerprint density at radius 1 is 1.03 bits per heavy atom. The van der Waals surface area contributed by atoms with E-state index in [-0.39, 0.29) is 6.04 Å². The van der Waals surface area contributed by atoms with E-state index in [2.05, 4.69) is 27.9 Å². The number of amides is 2. The molecule has 0 radical (unpaired) electrons. The van der Waals surface area contributed by atoms with Gasteiger partial charge < -0.3 is 10.6 Å². The summed E-state index contributed by atoms with van der Waals surface area (Å²) in [6.45, 7) is 6.51. The number of aromatic nitrogens is 2. The van der Waals surface area contributed by atoms with Gasteiger partial charge >= 0.3 is 11.8 Å². The maximum absolute atomic E-state index is 12.1. The Labute approximate surface area is 170 Å². The van der Waals surface area contributed by atoms with Crippen LogP contribution in [0, 0.1) is 13.8 Å². The summed E-state index contributed by atoms with van der Waals surface area (Å²) in [6.07, 6.45) is 2.46. The van der Waals surface area contributed by atoms with Crippen LogP contribution in [-0.2, 0) is 16.0 Å². The third-order valence-corrected chi connectivity index (χ3v) is 4.91. The third-order valence-electron chi connectivity index (χ3n) is 4.91. The highest BCUT2D eigenvalue weighted by Gasteiger charge is 2.16. The van der Waals surface area contributed by atoms with Crippen molar-refractivity contribution in [3.63, 3.8) is 0 Å². The minimum absolute atomic E-state index is 0.0217. The number of aryl methyl sites for hydroxylation is 2. The lowest BCUT2D eigenvalue weighted by Gasteiger charge is -2.12. The predicted molar refractivity (Wildman–Crippen MR) is 114 cm³/mol. The molecule has 1 heterocycles. The van der Waals surface area contributed by atoms with E-state index in [0.717, 1.165) is 11.1 Å². The summed E-state index contributed by atoms with van der Waals surface area (Å²) in [6, 6.07) is 17.9. The summed E-state index contributed by atoms with van der Waals surface area (Å²) in [5.74, 6) is -1.04. The first kappa shape index (κ1) is 20.3. The van der Waals surface area contributed by atoms with Crippen LogP contribution < -0.4 is 10.6 Å². The molecule has 2 amide bonds. The third kappa shape index (κ3) is 5.31. The van der Waals surface area contributed by atoms with Crippen LogP contribution in [0.3, 0.4) is 0 Å². The lowest BCUT2D eigenvalue weighted by Crippen LogP contribution is -2.36. The SMILES string of the molecule is Cc1ccc(CCNC(=O)C(=O)Nc2ccn([C@H](C)c3ccccc3)n2)c(C)c1. The minimum Gasteiger partial charge on any atom is -0.347 e. The molecule has 1 aromatic heterocycles. The highest BCUT2D eigenvalue weighted by Crippen LogP contribution is 2.17. The second kappa shape index (κ2) is 9.19. The van der Waals surface area contributed by atoms with Gasteiger partial charge in [0.1, 0.15) is 0 Å². The van der Waals surface area contributed by atoms with Crippen molar-refractivity contribution in [2.45, 2.75) is 33.2 Å². The van der Waals surface area contributed by atoms with Crippen LogP contribution in [0.5, 0.6) is 0 Å². The van der Waals surface area contributed by atoms with Gasteiger partial charge in [0.05, 0.1) is 6.04 Å². The first-order valence-electron chi connectivity index (χ1n) is 9.69. The Balaban J connectivity index is 1.51. The van der Waals surface area contributed by atoms with E-state index >= 15 is 0 Å². The molecule has 2 aromatic carbocycles. The molecule has 6 heteroatoms. The van der Waals surface area contributed by atoms with Gasteiger partial charge in [-0.25, -0.2) is 0 Å². The zero-order valence-corrected chi connectivity index (χ0v) is 17.0. The second-order valence-corrected chi connectivity index (χ2v) is 7.16. The van der Waals surface area contributed by atoms with Crippen molar-refractivity contribution in [3.05, 3.63) is 83.0 Å². The van der Waals surface area contributed by atoms with Crippen LogP contribution in [-0.4, -0.2) is 28.1 Å². The van der Waals surface area contributed by atoms with Gasteiger partial charge in [-0.2, -0.15) is 5.10 Å². The van der Waals surface area contributed by atoms with Crippen LogP contribution >= 0.6 is 0 Å². The second-order valence-electron chi connectivity index (χ2n) is 7.16. The first-order valence-corrected chi connectivity index (χ1v) is 9.69. The van der Waals surface area contributed by atoms with Crippen LogP contribution in [0.2, 0.25) is 0 Å². The van der Waals surface area contributed by atoms with Crippen LogP contribution in [0.25, 0.3) is 0 Å². The van der Waals surface area contributed by atoms with E-state index < -0.39 is 11.8 Å². The van der Waals surface area contributed by atoms with E-state index in [4.69, 9.17) is 0 Å². The van der Waals surface area contributed by atoms with Gasteiger partial charge in [-0.3, -0.25) is 14.3 Å². The molecule has 1 atom stereocenters. The highest BCUT2D eigenvalue weighted by molar-refractivity contribution is 6.39. The zero-order valence-electron chi connectivity index (χ0n) is 17.0. The number of anilines is 1. The predicted octanol–water partition coefficient (Wildman–Crippen LogP) is 3.41. The Morgan fingerprint density at radius 3 is 2.52 bits per heavy atom. The van der Waals surface area contributed by atoms with Gasteiger partial charge in [-0.15, -0.1) is 0 Å². The van der Waals surface area contributed by atoms with Gasteiger partial charge in [-0.05, 0) is 43.9 Å². The summed E-state index contributed by atoms with van der Waals surface area (Å²) in [7, 11) is 0. The largest absolute Gasteiger partial charge is 0.347 e. The molecule has 0 spiro atoms. The normalized spacial score (nSPS) is 11.7. The Hall–Kier alpha value is -3.41. The molecule has 0 saturated heterocycles. The molecular weight excluding hydrogens is 364 g/mol. The minimum atomic E-state index is -0.719. The average molecular weight is 390 g/mol. The average Bonchev–Trinajstić information content (AvgIpc) is 3.18. The number of nitrogens with one attached hydrogen (secondary N) is 2. The summed E-state index contributed by atoms with van der Waals surface area (Å²) >= 11 is 0. The Bertz CT molecular complexity index is 995. The van der Waals surface area contributed by atoms with Crippen molar-refractivity contribution < 1.29 is 9.59 Å². The summed E-state index contributed by atoms with van der Waals surface area (Å²) in [4.78, 5) is 24.2. The fourth-order valence-corrected chi connectivity index (χ4v) is 3.20. The molecule has 0 saturated carbocycles. The maximum atomic E-state index is 12.1. The number of nitrogens with zero attached hydrogens (tertiary/aromatic N) is 2. The molecule has 0 aliphatic rings. The van der Waals surface area contributed by atoms with Crippen molar-refractivity contribution in [1.29, 1.82) is 0 Å². The van der Waals surface area contributed by atoms with Crippen molar-refractivity contribution in [2.75, 3.05) is 11.9 Å². The molecule has 6 nitrogen and oxygen atoms in total. The Kier molecular flexibility index (Phi) is 6.44. The fraction of sp³-hybridized carbons (Fsp3) is 0.261. The quantitative estimate of drug-likeness (QED) is 0.634. The van der Waals surface area contributed by atoms with Gasteiger partial charge in [0, 0.05) is 18.8 Å². The van der Waals surface area contributed by atoms with Gasteiger partial charge in [0.25, 0.3) is 0 Å². The van der Waals surface area contributed by atoms with Crippen LogP contribution in [0.4, 0.5) is 5.82 Å². The molecule has 0 fully saturated rings. The monoisotopic (exact) mass is 390 g/mol. The molecule has 2 N–H and O–H groups in total. The van der Waals surface area contributed by atoms with Crippen LogP contribution in [0.1, 0.15) is 35.2 Å². The molecule has 0 aliphatic heterocycles. The van der Waals surface area contributed by atoms with E-state index in [1.807, 2.05) is 57.2 Å². The number of rotatable bonds is 6. The molecular formula is C23H26N4O2. The van der Waals surface area contributed by atoms with Crippen molar-refractivity contribution in [1.82, 2.24) is 15.1 Å². The first-order chi connectivity index (χ1) is 13.9. The van der Waals surface area contributed by atoms with E-state index in [9.17, 15) is 9.59 Å². The zero-order chi connectivity index (χ0) is 20.8. The van der Waals surface area contributed by atoms with E-state index in [1.165, 1.54) is 11.1 Å². The smallest absolute Gasteiger partial charge is 0.314 e. The number of benzene rings is 2. The lowest BCUT2D eigenvalue weighted by molar-refractivity contribution is -0.136. The molecule has 0 bridgehead atoms. The van der Waals surface area contributed by atoms with Gasteiger partial charge in [0.2, 0.25) is 0 Å². The highest BCUT2D eigenvalue weighted by atomic mass is 16.2. The van der Waals surface area contributed by atoms with Crippen molar-refractivity contribution in [2.24, 2.45) is 0 Å². The summed E-state index contributed by atoms with van der Waals surface area (Å²) in [5, 5.41) is 9.58. The van der Waals surface area contributed by atoms with E-state index in [0.29, 0.717) is 18.8 Å². The number of carbonyl (C=O) groups is 2. The van der Waals surface area contributed by atoms with Gasteiger partial charge in [-0.1, -0.05) is 54.1 Å². The van der Waals surface area contributed by atoms with Gasteiger partial charge in [0.15, 0.2) is 5.82 Å². The Morgan fingerprint density at radius 2 is 1.79 bits per heavy atom. The van der Waals surface area contributed by atoms with Crippen molar-refractivity contribution in [3.8, 4) is 0 Å². The molecule has 0 aliphatic carbocycles. The van der Waals surface area contributed by atoms with Crippen LogP contribution in [0.15, 0.2) is 60.8 Å². The fourth-order valence-electron chi connectivity index (χ4n) is 3.20. The number of hydrogen-bond acceptors (Lipinski definition) is 3. The van der Waals surface area contributed by atoms with E-state index in [1.54, 1.807) is 16.9 Å². The topological polar surface area (TPSA) is 76.0 Å². The molecule has 29 heavy (non-hydrogen) atoms. The summed E-state index contributed by atoms with van der Waals surface area (Å²) in [5.41, 5.74) is 4.65. The van der Waals surface area contributed by atoms with Crippen molar-refractivity contribution >= 4 is 17.6 Å². The number of carbonyl (C=O) groups excluding carboxylic acids is 2. The molecule has 3 aromatic rings. The maximum Gasteiger partial charge on any atom is 0.314 e.